The number of para-hydroxylation sites is 1. The molecular formula is C20H26N2O3. The average Bonchev–Trinajstić information content (AvgIpc) is 2.64. The third kappa shape index (κ3) is 3.47. The molecule has 0 atom stereocenters. The maximum atomic E-state index is 12.9. The molecule has 5 nitrogen and oxygen atoms in total. The Balaban J connectivity index is 1.79. The van der Waals surface area contributed by atoms with Crippen LogP contribution < -0.4 is 5.43 Å². The number of esters is 1. The number of fused-ring (bicyclic) bond motifs is 1. The highest BCUT2D eigenvalue weighted by Crippen LogP contribution is 2.21. The summed E-state index contributed by atoms with van der Waals surface area (Å²) in [4.78, 5) is 27.1. The Labute approximate surface area is 148 Å². The van der Waals surface area contributed by atoms with Crippen molar-refractivity contribution in [1.82, 2.24) is 9.47 Å². The highest BCUT2D eigenvalue weighted by molar-refractivity contribution is 5.80. The summed E-state index contributed by atoms with van der Waals surface area (Å²) < 4.78 is 7.22. The first-order valence-corrected chi connectivity index (χ1v) is 8.99. The first-order valence-electron chi connectivity index (χ1n) is 8.99. The van der Waals surface area contributed by atoms with Gasteiger partial charge in [-0.25, -0.2) is 0 Å². The molecule has 1 saturated heterocycles. The summed E-state index contributed by atoms with van der Waals surface area (Å²) in [7, 11) is 2.01. The van der Waals surface area contributed by atoms with Crippen molar-refractivity contribution in [3.05, 3.63) is 45.7 Å². The Hall–Kier alpha value is -2.14. The van der Waals surface area contributed by atoms with E-state index >= 15 is 0 Å². The van der Waals surface area contributed by atoms with Crippen LogP contribution in [0.2, 0.25) is 0 Å². The van der Waals surface area contributed by atoms with Crippen molar-refractivity contribution >= 4 is 16.9 Å². The molecule has 0 amide bonds. The molecule has 2 heterocycles. The number of aromatic nitrogens is 1. The number of pyridine rings is 1. The van der Waals surface area contributed by atoms with Crippen molar-refractivity contribution in [2.75, 3.05) is 19.7 Å². The van der Waals surface area contributed by atoms with Crippen molar-refractivity contribution in [2.45, 2.75) is 33.2 Å². The number of likely N-dealkylation sites (tertiary alicyclic amines) is 1. The van der Waals surface area contributed by atoms with Crippen LogP contribution in [0.15, 0.2) is 29.1 Å². The van der Waals surface area contributed by atoms with Gasteiger partial charge in [0.15, 0.2) is 5.43 Å². The van der Waals surface area contributed by atoms with Gasteiger partial charge in [0.1, 0.15) is 0 Å². The van der Waals surface area contributed by atoms with E-state index < -0.39 is 0 Å². The maximum Gasteiger partial charge on any atom is 0.309 e. The number of nitrogens with zero attached hydrogens (tertiary/aromatic N) is 2. The van der Waals surface area contributed by atoms with E-state index in [1.165, 1.54) is 0 Å². The molecular weight excluding hydrogens is 316 g/mol. The predicted molar refractivity (Wildman–Crippen MR) is 98.6 cm³/mol. The number of carbonyl (C=O) groups excluding carboxylic acids is 1. The van der Waals surface area contributed by atoms with E-state index in [2.05, 4.69) is 9.47 Å². The Morgan fingerprint density at radius 1 is 1.24 bits per heavy atom. The zero-order valence-corrected chi connectivity index (χ0v) is 15.2. The monoisotopic (exact) mass is 342 g/mol. The van der Waals surface area contributed by atoms with E-state index in [1.807, 2.05) is 45.2 Å². The van der Waals surface area contributed by atoms with E-state index in [4.69, 9.17) is 4.74 Å². The molecule has 0 aliphatic carbocycles. The van der Waals surface area contributed by atoms with Crippen molar-refractivity contribution in [2.24, 2.45) is 13.0 Å². The van der Waals surface area contributed by atoms with Crippen LogP contribution in [0.1, 0.15) is 31.0 Å². The number of ether oxygens (including phenoxy) is 1. The molecule has 1 aliphatic rings. The fraction of sp³-hybridized carbons (Fsp3) is 0.500. The second-order valence-electron chi connectivity index (χ2n) is 6.77. The maximum absolute atomic E-state index is 12.9. The third-order valence-electron chi connectivity index (χ3n) is 5.31. The lowest BCUT2D eigenvalue weighted by atomic mass is 9.96. The minimum atomic E-state index is -0.0834. The van der Waals surface area contributed by atoms with Crippen LogP contribution in [0.25, 0.3) is 10.9 Å². The number of aryl methyl sites for hydroxylation is 1. The topological polar surface area (TPSA) is 51.5 Å². The second-order valence-corrected chi connectivity index (χ2v) is 6.77. The van der Waals surface area contributed by atoms with Gasteiger partial charge in [-0.15, -0.1) is 0 Å². The molecule has 134 valence electrons. The van der Waals surface area contributed by atoms with Gasteiger partial charge in [-0.2, -0.15) is 0 Å². The van der Waals surface area contributed by atoms with E-state index in [0.29, 0.717) is 13.2 Å². The van der Waals surface area contributed by atoms with Gasteiger partial charge in [0.05, 0.1) is 18.0 Å². The number of hydrogen-bond donors (Lipinski definition) is 0. The van der Waals surface area contributed by atoms with E-state index in [-0.39, 0.29) is 17.3 Å². The molecule has 25 heavy (non-hydrogen) atoms. The summed E-state index contributed by atoms with van der Waals surface area (Å²) in [5.74, 6) is -0.0864. The molecule has 0 unspecified atom stereocenters. The molecule has 0 N–H and O–H groups in total. The SMILES string of the molecule is CCOC(=O)C1CCN(Cc2c(C)n(C)c3ccccc3c2=O)CC1. The zero-order chi connectivity index (χ0) is 18.0. The molecule has 2 aromatic rings. The van der Waals surface area contributed by atoms with Crippen LogP contribution in [-0.2, 0) is 23.1 Å². The van der Waals surface area contributed by atoms with Gasteiger partial charge >= 0.3 is 5.97 Å². The summed E-state index contributed by atoms with van der Waals surface area (Å²) in [6.45, 7) is 6.56. The summed E-state index contributed by atoms with van der Waals surface area (Å²) in [5, 5.41) is 0.770. The highest BCUT2D eigenvalue weighted by atomic mass is 16.5. The van der Waals surface area contributed by atoms with Crippen LogP contribution in [0, 0.1) is 12.8 Å². The van der Waals surface area contributed by atoms with Gasteiger partial charge in [-0.3, -0.25) is 14.5 Å². The zero-order valence-electron chi connectivity index (χ0n) is 15.2. The molecule has 0 radical (unpaired) electrons. The molecule has 5 heteroatoms. The van der Waals surface area contributed by atoms with Crippen LogP contribution >= 0.6 is 0 Å². The third-order valence-corrected chi connectivity index (χ3v) is 5.31. The van der Waals surface area contributed by atoms with Crippen LogP contribution in [-0.4, -0.2) is 35.1 Å². The fourth-order valence-corrected chi connectivity index (χ4v) is 3.66. The Kier molecular flexibility index (Phi) is 5.23. The minimum absolute atomic E-state index is 0.00302. The second kappa shape index (κ2) is 7.40. The summed E-state index contributed by atoms with van der Waals surface area (Å²) >= 11 is 0. The van der Waals surface area contributed by atoms with Crippen molar-refractivity contribution in [3.63, 3.8) is 0 Å². The minimum Gasteiger partial charge on any atom is -0.466 e. The van der Waals surface area contributed by atoms with E-state index in [1.54, 1.807) is 0 Å². The summed E-state index contributed by atoms with van der Waals surface area (Å²) in [6, 6.07) is 7.75. The van der Waals surface area contributed by atoms with Crippen LogP contribution in [0.5, 0.6) is 0 Å². The molecule has 3 rings (SSSR count). The lowest BCUT2D eigenvalue weighted by Crippen LogP contribution is -2.38. The van der Waals surface area contributed by atoms with Crippen LogP contribution in [0.3, 0.4) is 0 Å². The summed E-state index contributed by atoms with van der Waals surface area (Å²) in [6.07, 6.45) is 1.59. The standard InChI is InChI=1S/C20H26N2O3/c1-4-25-20(24)15-9-11-22(12-10-15)13-17-14(2)21(3)18-8-6-5-7-16(18)19(17)23/h5-8,15H,4,9-13H2,1-3H3. The molecule has 1 aromatic heterocycles. The number of piperidine rings is 1. The smallest absolute Gasteiger partial charge is 0.309 e. The lowest BCUT2D eigenvalue weighted by Gasteiger charge is -2.31. The number of rotatable bonds is 4. The molecule has 1 aliphatic heterocycles. The average molecular weight is 342 g/mol. The van der Waals surface area contributed by atoms with Gasteiger partial charge in [0.25, 0.3) is 0 Å². The van der Waals surface area contributed by atoms with Crippen molar-refractivity contribution < 1.29 is 9.53 Å². The first-order chi connectivity index (χ1) is 12.0. The van der Waals surface area contributed by atoms with Gasteiger partial charge in [0, 0.05) is 30.2 Å². The molecule has 1 fully saturated rings. The Morgan fingerprint density at radius 2 is 1.92 bits per heavy atom. The Bertz CT molecular complexity index is 833. The molecule has 0 saturated carbocycles. The molecule has 0 spiro atoms. The summed E-state index contributed by atoms with van der Waals surface area (Å²) in [5.41, 5.74) is 2.96. The van der Waals surface area contributed by atoms with Crippen molar-refractivity contribution in [3.8, 4) is 0 Å². The van der Waals surface area contributed by atoms with Gasteiger partial charge in [-0.1, -0.05) is 12.1 Å². The first kappa shape index (κ1) is 17.7. The number of hydrogen-bond acceptors (Lipinski definition) is 4. The normalized spacial score (nSPS) is 16.3. The lowest BCUT2D eigenvalue weighted by molar-refractivity contribution is -0.149. The van der Waals surface area contributed by atoms with Crippen molar-refractivity contribution in [1.29, 1.82) is 0 Å². The highest BCUT2D eigenvalue weighted by Gasteiger charge is 2.26. The van der Waals surface area contributed by atoms with E-state index in [0.717, 1.165) is 48.1 Å². The molecule has 1 aromatic carbocycles. The van der Waals surface area contributed by atoms with E-state index in [9.17, 15) is 9.59 Å². The predicted octanol–water partition coefficient (Wildman–Crippen LogP) is 2.62. The quantitative estimate of drug-likeness (QED) is 0.802. The van der Waals surface area contributed by atoms with Crippen LogP contribution in [0.4, 0.5) is 0 Å². The van der Waals surface area contributed by atoms with Gasteiger partial charge in [0.2, 0.25) is 0 Å². The number of carbonyl (C=O) groups is 1. The largest absolute Gasteiger partial charge is 0.466 e. The van der Waals surface area contributed by atoms with Gasteiger partial charge in [-0.05, 0) is 51.9 Å². The van der Waals surface area contributed by atoms with Gasteiger partial charge < -0.3 is 9.30 Å². The number of benzene rings is 1. The fourth-order valence-electron chi connectivity index (χ4n) is 3.66. The molecule has 0 bridgehead atoms. The Morgan fingerprint density at radius 3 is 2.60 bits per heavy atom.